The Balaban J connectivity index is 0.000000671. The molecule has 0 saturated heterocycles. The van der Waals surface area contributed by atoms with Gasteiger partial charge in [0.05, 0.1) is 10.7 Å². The molecule has 4 N–H and O–H groups in total. The monoisotopic (exact) mass is 199 g/mol. The zero-order valence-electron chi connectivity index (χ0n) is 7.79. The number of para-hydroxylation sites is 1. The Hall–Kier alpha value is -1.22. The van der Waals surface area contributed by atoms with E-state index in [9.17, 15) is 0 Å². The third kappa shape index (κ3) is 4.38. The Morgan fingerprint density at radius 3 is 2.23 bits per heavy atom. The van der Waals surface area contributed by atoms with Crippen molar-refractivity contribution in [2.75, 3.05) is 0 Å². The lowest BCUT2D eigenvalue weighted by molar-refractivity contribution is 1.42. The Labute approximate surface area is 83.4 Å². The van der Waals surface area contributed by atoms with Gasteiger partial charge in [-0.05, 0) is 12.1 Å². The number of halogens is 1. The number of nitrogens with two attached hydrogens (primary N) is 2. The molecule has 4 heteroatoms. The van der Waals surface area contributed by atoms with Crippen molar-refractivity contribution in [2.24, 2.45) is 16.5 Å². The summed E-state index contributed by atoms with van der Waals surface area (Å²) in [7, 11) is 0. The lowest BCUT2D eigenvalue weighted by Gasteiger charge is -1.96. The number of hydrogen-bond donors (Lipinski definition) is 2. The number of nitrogens with zero attached hydrogens (tertiary/aromatic N) is 1. The van der Waals surface area contributed by atoms with Crippen LogP contribution >= 0.6 is 11.6 Å². The molecule has 1 aromatic rings. The minimum Gasteiger partial charge on any atom is -0.370 e. The average molecular weight is 200 g/mol. The van der Waals surface area contributed by atoms with E-state index in [1.807, 2.05) is 26.0 Å². The van der Waals surface area contributed by atoms with E-state index in [2.05, 4.69) is 4.99 Å². The Kier molecular flexibility index (Phi) is 5.72. The van der Waals surface area contributed by atoms with Crippen molar-refractivity contribution in [3.8, 4) is 0 Å². The standard InChI is InChI=1S/C7H8ClN3.C2H6/c8-5-3-1-2-4-6(5)11-7(9)10;1-2/h1-4H,(H4,9,10,11);1-2H3. The van der Waals surface area contributed by atoms with E-state index >= 15 is 0 Å². The van der Waals surface area contributed by atoms with Crippen LogP contribution in [-0.4, -0.2) is 5.96 Å². The van der Waals surface area contributed by atoms with E-state index in [-0.39, 0.29) is 5.96 Å². The molecule has 1 rings (SSSR count). The van der Waals surface area contributed by atoms with Gasteiger partial charge >= 0.3 is 0 Å². The molecule has 0 aromatic heterocycles. The predicted octanol–water partition coefficient (Wildman–Crippen LogP) is 2.27. The Bertz CT molecular complexity index is 280. The Morgan fingerprint density at radius 1 is 1.23 bits per heavy atom. The van der Waals surface area contributed by atoms with Gasteiger partial charge < -0.3 is 11.5 Å². The highest BCUT2D eigenvalue weighted by Crippen LogP contribution is 2.22. The SMILES string of the molecule is CC.NC(N)=Nc1ccccc1Cl. The molecule has 0 aliphatic rings. The fourth-order valence-electron chi connectivity index (χ4n) is 0.681. The smallest absolute Gasteiger partial charge is 0.191 e. The molecule has 13 heavy (non-hydrogen) atoms. The molecular formula is C9H14ClN3. The first kappa shape index (κ1) is 11.8. The van der Waals surface area contributed by atoms with Crippen LogP contribution in [0.4, 0.5) is 5.69 Å². The van der Waals surface area contributed by atoms with Crippen LogP contribution in [0.1, 0.15) is 13.8 Å². The molecule has 0 aliphatic heterocycles. The lowest BCUT2D eigenvalue weighted by atomic mass is 10.3. The highest BCUT2D eigenvalue weighted by molar-refractivity contribution is 6.33. The Morgan fingerprint density at radius 2 is 1.77 bits per heavy atom. The largest absolute Gasteiger partial charge is 0.370 e. The van der Waals surface area contributed by atoms with Crippen molar-refractivity contribution in [3.63, 3.8) is 0 Å². The van der Waals surface area contributed by atoms with Gasteiger partial charge in [0, 0.05) is 0 Å². The third-order valence-corrected chi connectivity index (χ3v) is 1.42. The lowest BCUT2D eigenvalue weighted by Crippen LogP contribution is -2.21. The highest BCUT2D eigenvalue weighted by atomic mass is 35.5. The maximum Gasteiger partial charge on any atom is 0.191 e. The first-order valence-electron chi connectivity index (χ1n) is 4.04. The van der Waals surface area contributed by atoms with E-state index < -0.39 is 0 Å². The van der Waals surface area contributed by atoms with Crippen molar-refractivity contribution in [2.45, 2.75) is 13.8 Å². The fraction of sp³-hybridized carbons (Fsp3) is 0.222. The van der Waals surface area contributed by atoms with Gasteiger partial charge in [0.2, 0.25) is 0 Å². The fourth-order valence-corrected chi connectivity index (χ4v) is 0.859. The molecule has 72 valence electrons. The average Bonchev–Trinajstić information content (AvgIpc) is 2.12. The van der Waals surface area contributed by atoms with E-state index in [0.717, 1.165) is 0 Å². The second-order valence-electron chi connectivity index (χ2n) is 1.99. The van der Waals surface area contributed by atoms with Crippen molar-refractivity contribution in [3.05, 3.63) is 29.3 Å². The minimum atomic E-state index is 0.0121. The highest BCUT2D eigenvalue weighted by Gasteiger charge is 1.94. The summed E-state index contributed by atoms with van der Waals surface area (Å²) in [6.07, 6.45) is 0. The molecule has 1 aromatic carbocycles. The number of aliphatic imine (C=N–C) groups is 1. The van der Waals surface area contributed by atoms with E-state index in [1.54, 1.807) is 12.1 Å². The first-order valence-corrected chi connectivity index (χ1v) is 4.42. The van der Waals surface area contributed by atoms with Gasteiger partial charge in [-0.25, -0.2) is 4.99 Å². The van der Waals surface area contributed by atoms with Crippen LogP contribution in [0.3, 0.4) is 0 Å². The molecular weight excluding hydrogens is 186 g/mol. The number of benzene rings is 1. The van der Waals surface area contributed by atoms with E-state index in [0.29, 0.717) is 10.7 Å². The maximum absolute atomic E-state index is 5.75. The summed E-state index contributed by atoms with van der Waals surface area (Å²) in [6.45, 7) is 4.00. The topological polar surface area (TPSA) is 64.4 Å². The second kappa shape index (κ2) is 6.31. The van der Waals surface area contributed by atoms with Crippen LogP contribution < -0.4 is 11.5 Å². The maximum atomic E-state index is 5.75. The summed E-state index contributed by atoms with van der Waals surface area (Å²) in [6, 6.07) is 7.09. The van der Waals surface area contributed by atoms with E-state index in [1.165, 1.54) is 0 Å². The first-order chi connectivity index (χ1) is 6.20. The van der Waals surface area contributed by atoms with Crippen LogP contribution in [0, 0.1) is 0 Å². The van der Waals surface area contributed by atoms with Crippen LogP contribution in [0.15, 0.2) is 29.3 Å². The van der Waals surface area contributed by atoms with Crippen molar-refractivity contribution >= 4 is 23.2 Å². The van der Waals surface area contributed by atoms with Gasteiger partial charge in [-0.15, -0.1) is 0 Å². The number of hydrogen-bond acceptors (Lipinski definition) is 1. The summed E-state index contributed by atoms with van der Waals surface area (Å²) >= 11 is 5.75. The van der Waals surface area contributed by atoms with Gasteiger partial charge in [-0.3, -0.25) is 0 Å². The molecule has 0 atom stereocenters. The summed E-state index contributed by atoms with van der Waals surface area (Å²) in [4.78, 5) is 3.80. The number of rotatable bonds is 1. The predicted molar refractivity (Wildman–Crippen MR) is 58.3 cm³/mol. The molecule has 3 nitrogen and oxygen atoms in total. The molecule has 0 fully saturated rings. The molecule has 0 bridgehead atoms. The van der Waals surface area contributed by atoms with Gasteiger partial charge in [0.1, 0.15) is 0 Å². The summed E-state index contributed by atoms with van der Waals surface area (Å²) in [5.74, 6) is 0.0121. The van der Waals surface area contributed by atoms with Crippen molar-refractivity contribution < 1.29 is 0 Å². The van der Waals surface area contributed by atoms with Crippen LogP contribution in [0.25, 0.3) is 0 Å². The van der Waals surface area contributed by atoms with E-state index in [4.69, 9.17) is 23.1 Å². The second-order valence-corrected chi connectivity index (χ2v) is 2.40. The zero-order valence-corrected chi connectivity index (χ0v) is 8.55. The molecule has 0 amide bonds. The molecule has 0 radical (unpaired) electrons. The van der Waals surface area contributed by atoms with Crippen LogP contribution in [0.5, 0.6) is 0 Å². The van der Waals surface area contributed by atoms with Crippen molar-refractivity contribution in [1.82, 2.24) is 0 Å². The van der Waals surface area contributed by atoms with Gasteiger partial charge in [-0.2, -0.15) is 0 Å². The summed E-state index contributed by atoms with van der Waals surface area (Å²) < 4.78 is 0. The molecule has 0 unspecified atom stereocenters. The van der Waals surface area contributed by atoms with Gasteiger partial charge in [0.15, 0.2) is 5.96 Å². The normalized spacial score (nSPS) is 8.23. The number of guanidine groups is 1. The van der Waals surface area contributed by atoms with Crippen LogP contribution in [0.2, 0.25) is 5.02 Å². The minimum absolute atomic E-state index is 0.0121. The quantitative estimate of drug-likeness (QED) is 0.538. The molecule has 0 spiro atoms. The zero-order chi connectivity index (χ0) is 10.3. The van der Waals surface area contributed by atoms with Crippen LogP contribution in [-0.2, 0) is 0 Å². The summed E-state index contributed by atoms with van der Waals surface area (Å²) in [5, 5.41) is 0.543. The molecule has 0 saturated carbocycles. The molecule has 0 heterocycles. The summed E-state index contributed by atoms with van der Waals surface area (Å²) in [5.41, 5.74) is 10.9. The van der Waals surface area contributed by atoms with Gasteiger partial charge in [-0.1, -0.05) is 37.6 Å². The molecule has 0 aliphatic carbocycles. The van der Waals surface area contributed by atoms with Gasteiger partial charge in [0.25, 0.3) is 0 Å². The third-order valence-electron chi connectivity index (χ3n) is 1.10. The van der Waals surface area contributed by atoms with Crippen molar-refractivity contribution in [1.29, 1.82) is 0 Å².